The van der Waals surface area contributed by atoms with Crippen LogP contribution in [0.3, 0.4) is 0 Å². The first-order valence-corrected chi connectivity index (χ1v) is 8.33. The van der Waals surface area contributed by atoms with Crippen molar-refractivity contribution in [3.63, 3.8) is 0 Å². The first-order valence-electron chi connectivity index (χ1n) is 6.93. The molecule has 3 N–H and O–H groups in total. The number of nitrogens with one attached hydrogen (secondary N) is 1. The normalized spacial score (nSPS) is 19.3. The molecule has 19 heavy (non-hydrogen) atoms. The van der Waals surface area contributed by atoms with E-state index in [-0.39, 0.29) is 17.7 Å². The summed E-state index contributed by atoms with van der Waals surface area (Å²) in [4.78, 5) is 25.7. The zero-order valence-electron chi connectivity index (χ0n) is 11.7. The Morgan fingerprint density at radius 3 is 2.95 bits per heavy atom. The molecule has 1 rings (SSSR count). The van der Waals surface area contributed by atoms with Crippen LogP contribution in [-0.4, -0.2) is 54.9 Å². The van der Waals surface area contributed by atoms with E-state index in [9.17, 15) is 9.59 Å². The number of nitrogens with zero attached hydrogens (tertiary/aromatic N) is 1. The van der Waals surface area contributed by atoms with Crippen molar-refractivity contribution < 1.29 is 9.59 Å². The molecule has 0 spiro atoms. The van der Waals surface area contributed by atoms with E-state index in [4.69, 9.17) is 5.73 Å². The number of carbonyl (C=O) groups excluding carboxylic acids is 2. The van der Waals surface area contributed by atoms with Gasteiger partial charge >= 0.3 is 0 Å². The number of hydrogen-bond donors (Lipinski definition) is 2. The maximum atomic E-state index is 12.0. The molecule has 1 fully saturated rings. The van der Waals surface area contributed by atoms with Crippen molar-refractivity contribution in [1.82, 2.24) is 10.2 Å². The molecule has 5 nitrogen and oxygen atoms in total. The van der Waals surface area contributed by atoms with E-state index in [1.807, 2.05) is 11.2 Å². The van der Waals surface area contributed by atoms with Crippen molar-refractivity contribution in [2.24, 2.45) is 11.7 Å². The highest BCUT2D eigenvalue weighted by atomic mass is 32.2. The van der Waals surface area contributed by atoms with E-state index < -0.39 is 0 Å². The van der Waals surface area contributed by atoms with E-state index in [1.54, 1.807) is 11.8 Å². The molecule has 0 aromatic heterocycles. The zero-order chi connectivity index (χ0) is 14.1. The second-order valence-electron chi connectivity index (χ2n) is 4.85. The number of piperidine rings is 1. The van der Waals surface area contributed by atoms with Crippen LogP contribution in [0.4, 0.5) is 0 Å². The Kier molecular flexibility index (Phi) is 7.90. The van der Waals surface area contributed by atoms with Gasteiger partial charge in [-0.15, -0.1) is 0 Å². The minimum Gasteiger partial charge on any atom is -0.355 e. The standard InChI is InChI=1S/C13H25N3O2S/c1-19-9-3-5-12(17)16-8-2-4-11(10-16)13(18)15-7-6-14/h11H,2-10,14H2,1H3,(H,15,18). The quantitative estimate of drug-likeness (QED) is 0.666. The van der Waals surface area contributed by atoms with E-state index in [0.717, 1.165) is 31.6 Å². The molecule has 1 unspecified atom stereocenters. The van der Waals surface area contributed by atoms with Crippen molar-refractivity contribution in [3.8, 4) is 0 Å². The van der Waals surface area contributed by atoms with Crippen LogP contribution in [0.2, 0.25) is 0 Å². The first-order chi connectivity index (χ1) is 9.19. The molecular formula is C13H25N3O2S. The summed E-state index contributed by atoms with van der Waals surface area (Å²) in [5, 5.41) is 2.81. The Bertz CT molecular complexity index is 300. The Morgan fingerprint density at radius 1 is 1.47 bits per heavy atom. The van der Waals surface area contributed by atoms with Crippen molar-refractivity contribution in [2.45, 2.75) is 25.7 Å². The fourth-order valence-electron chi connectivity index (χ4n) is 2.28. The Morgan fingerprint density at radius 2 is 2.26 bits per heavy atom. The second kappa shape index (κ2) is 9.20. The number of carbonyl (C=O) groups is 2. The van der Waals surface area contributed by atoms with Crippen LogP contribution in [0.25, 0.3) is 0 Å². The van der Waals surface area contributed by atoms with Crippen LogP contribution in [0.15, 0.2) is 0 Å². The lowest BCUT2D eigenvalue weighted by molar-refractivity contribution is -0.135. The summed E-state index contributed by atoms with van der Waals surface area (Å²) in [6.07, 6.45) is 5.33. The Hall–Kier alpha value is -0.750. The highest BCUT2D eigenvalue weighted by molar-refractivity contribution is 7.98. The topological polar surface area (TPSA) is 75.4 Å². The van der Waals surface area contributed by atoms with Crippen LogP contribution in [0.1, 0.15) is 25.7 Å². The molecule has 6 heteroatoms. The largest absolute Gasteiger partial charge is 0.355 e. The maximum Gasteiger partial charge on any atom is 0.224 e. The van der Waals surface area contributed by atoms with Crippen molar-refractivity contribution >= 4 is 23.6 Å². The van der Waals surface area contributed by atoms with Gasteiger partial charge in [-0.3, -0.25) is 9.59 Å². The highest BCUT2D eigenvalue weighted by Crippen LogP contribution is 2.18. The third kappa shape index (κ3) is 5.82. The van der Waals surface area contributed by atoms with Gasteiger partial charge in [-0.25, -0.2) is 0 Å². The Labute approximate surface area is 119 Å². The maximum absolute atomic E-state index is 12.0. The smallest absolute Gasteiger partial charge is 0.224 e. The molecule has 0 aromatic carbocycles. The van der Waals surface area contributed by atoms with Gasteiger partial charge in [0.15, 0.2) is 0 Å². The molecule has 1 saturated heterocycles. The van der Waals surface area contributed by atoms with Crippen LogP contribution >= 0.6 is 11.8 Å². The van der Waals surface area contributed by atoms with Crippen LogP contribution < -0.4 is 11.1 Å². The minimum absolute atomic E-state index is 0.0343. The lowest BCUT2D eigenvalue weighted by Gasteiger charge is -2.32. The average Bonchev–Trinajstić information content (AvgIpc) is 2.45. The molecule has 0 radical (unpaired) electrons. The SMILES string of the molecule is CSCCCC(=O)N1CCCC(C(=O)NCCN)C1. The van der Waals surface area contributed by atoms with Crippen molar-refractivity contribution in [1.29, 1.82) is 0 Å². The Balaban J connectivity index is 2.36. The molecule has 1 heterocycles. The van der Waals surface area contributed by atoms with E-state index in [2.05, 4.69) is 5.32 Å². The van der Waals surface area contributed by atoms with E-state index >= 15 is 0 Å². The molecule has 110 valence electrons. The van der Waals surface area contributed by atoms with Gasteiger partial charge in [-0.2, -0.15) is 11.8 Å². The van der Waals surface area contributed by atoms with Gasteiger partial charge in [0.25, 0.3) is 0 Å². The van der Waals surface area contributed by atoms with Crippen LogP contribution in [0, 0.1) is 5.92 Å². The van der Waals surface area contributed by atoms with Gasteiger partial charge in [-0.05, 0) is 31.3 Å². The molecule has 0 bridgehead atoms. The zero-order valence-corrected chi connectivity index (χ0v) is 12.5. The van der Waals surface area contributed by atoms with Gasteiger partial charge in [0.2, 0.25) is 11.8 Å². The molecule has 2 amide bonds. The second-order valence-corrected chi connectivity index (χ2v) is 5.84. The number of amides is 2. The monoisotopic (exact) mass is 287 g/mol. The summed E-state index contributed by atoms with van der Waals surface area (Å²) >= 11 is 1.76. The fourth-order valence-corrected chi connectivity index (χ4v) is 2.72. The highest BCUT2D eigenvalue weighted by Gasteiger charge is 2.27. The van der Waals surface area contributed by atoms with Crippen molar-refractivity contribution in [3.05, 3.63) is 0 Å². The number of thioether (sulfide) groups is 1. The summed E-state index contributed by atoms with van der Waals surface area (Å²) in [6.45, 7) is 2.32. The van der Waals surface area contributed by atoms with Gasteiger partial charge in [0.1, 0.15) is 0 Å². The minimum atomic E-state index is -0.0650. The molecule has 0 aliphatic carbocycles. The molecule has 1 aliphatic heterocycles. The van der Waals surface area contributed by atoms with Crippen LogP contribution in [0.5, 0.6) is 0 Å². The predicted molar refractivity (Wildman–Crippen MR) is 79.0 cm³/mol. The average molecular weight is 287 g/mol. The first kappa shape index (κ1) is 16.3. The number of nitrogens with two attached hydrogens (primary N) is 1. The fraction of sp³-hybridized carbons (Fsp3) is 0.846. The number of likely N-dealkylation sites (tertiary alicyclic amines) is 1. The number of rotatable bonds is 7. The lowest BCUT2D eigenvalue weighted by Crippen LogP contribution is -2.46. The van der Waals surface area contributed by atoms with Gasteiger partial charge in [-0.1, -0.05) is 0 Å². The van der Waals surface area contributed by atoms with E-state index in [1.165, 1.54) is 0 Å². The summed E-state index contributed by atoms with van der Waals surface area (Å²) in [7, 11) is 0. The summed E-state index contributed by atoms with van der Waals surface area (Å²) in [6, 6.07) is 0. The molecule has 1 aliphatic rings. The van der Waals surface area contributed by atoms with E-state index in [0.29, 0.717) is 26.1 Å². The lowest BCUT2D eigenvalue weighted by atomic mass is 9.97. The molecule has 0 aromatic rings. The molecule has 0 saturated carbocycles. The third-order valence-electron chi connectivity index (χ3n) is 3.33. The van der Waals surface area contributed by atoms with Gasteiger partial charge in [0, 0.05) is 32.6 Å². The summed E-state index contributed by atoms with van der Waals surface area (Å²) in [5.41, 5.74) is 5.37. The summed E-state index contributed by atoms with van der Waals surface area (Å²) in [5.74, 6) is 1.17. The van der Waals surface area contributed by atoms with Crippen LogP contribution in [-0.2, 0) is 9.59 Å². The predicted octanol–water partition coefficient (Wildman–Crippen LogP) is 0.443. The molecular weight excluding hydrogens is 262 g/mol. The van der Waals surface area contributed by atoms with Gasteiger partial charge in [0.05, 0.1) is 5.92 Å². The summed E-state index contributed by atoms with van der Waals surface area (Å²) < 4.78 is 0. The third-order valence-corrected chi connectivity index (χ3v) is 4.02. The molecule has 1 atom stereocenters. The van der Waals surface area contributed by atoms with Crippen molar-refractivity contribution in [2.75, 3.05) is 38.2 Å². The van der Waals surface area contributed by atoms with Gasteiger partial charge < -0.3 is 16.0 Å². The number of hydrogen-bond acceptors (Lipinski definition) is 4.